The molecule has 3 rings (SSSR count). The van der Waals surface area contributed by atoms with E-state index in [0.29, 0.717) is 11.8 Å². The van der Waals surface area contributed by atoms with E-state index in [1.54, 1.807) is 3.96 Å². The molecule has 4 nitrogen and oxygen atoms in total. The lowest BCUT2D eigenvalue weighted by Gasteiger charge is -2.21. The molecule has 1 aliphatic carbocycles. The smallest absolute Gasteiger partial charge is 0.269 e. The third kappa shape index (κ3) is 3.50. The Labute approximate surface area is 140 Å². The molecule has 0 aliphatic heterocycles. The lowest BCUT2D eigenvalue weighted by atomic mass is 10.1. The Morgan fingerprint density at radius 2 is 1.96 bits per heavy atom. The van der Waals surface area contributed by atoms with Gasteiger partial charge in [-0.15, -0.1) is 0 Å². The molecule has 0 radical (unpaired) electrons. The van der Waals surface area contributed by atoms with Gasteiger partial charge in [-0.25, -0.2) is 0 Å². The second kappa shape index (κ2) is 7.30. The van der Waals surface area contributed by atoms with Crippen molar-refractivity contribution >= 4 is 27.5 Å². The first-order chi connectivity index (χ1) is 11.2. The van der Waals surface area contributed by atoms with Crippen LogP contribution in [-0.2, 0) is 4.79 Å². The van der Waals surface area contributed by atoms with Crippen LogP contribution >= 0.6 is 11.5 Å². The molecule has 1 heterocycles. The van der Waals surface area contributed by atoms with Crippen LogP contribution in [0.15, 0.2) is 29.1 Å². The summed E-state index contributed by atoms with van der Waals surface area (Å²) in [6.45, 7) is 1.97. The van der Waals surface area contributed by atoms with Gasteiger partial charge in [0.05, 0.1) is 10.1 Å². The minimum Gasteiger partial charge on any atom is -0.352 e. The van der Waals surface area contributed by atoms with Crippen molar-refractivity contribution < 1.29 is 4.79 Å². The summed E-state index contributed by atoms with van der Waals surface area (Å²) in [5.41, 5.74) is -0.0477. The van der Waals surface area contributed by atoms with Crippen molar-refractivity contribution in [3.63, 3.8) is 0 Å². The topological polar surface area (TPSA) is 51.1 Å². The van der Waals surface area contributed by atoms with E-state index < -0.39 is 6.04 Å². The van der Waals surface area contributed by atoms with Crippen LogP contribution in [0.3, 0.4) is 0 Å². The number of hydrogen-bond acceptors (Lipinski definition) is 3. The molecule has 1 atom stereocenters. The molecule has 5 heteroatoms. The van der Waals surface area contributed by atoms with Crippen molar-refractivity contribution in [1.29, 1.82) is 0 Å². The highest BCUT2D eigenvalue weighted by atomic mass is 32.1. The van der Waals surface area contributed by atoms with Gasteiger partial charge in [-0.3, -0.25) is 13.5 Å². The number of aromatic nitrogens is 1. The van der Waals surface area contributed by atoms with Crippen molar-refractivity contribution in [2.45, 2.75) is 64.0 Å². The number of carbonyl (C=O) groups is 1. The molecule has 1 fully saturated rings. The maximum Gasteiger partial charge on any atom is 0.269 e. The van der Waals surface area contributed by atoms with Crippen molar-refractivity contribution in [3.8, 4) is 0 Å². The van der Waals surface area contributed by atoms with Crippen LogP contribution in [0.1, 0.15) is 57.9 Å². The third-order valence-corrected chi connectivity index (χ3v) is 5.86. The highest BCUT2D eigenvalue weighted by Crippen LogP contribution is 2.23. The molecule has 23 heavy (non-hydrogen) atoms. The second-order valence-electron chi connectivity index (χ2n) is 6.34. The lowest BCUT2D eigenvalue weighted by Crippen LogP contribution is -2.40. The summed E-state index contributed by atoms with van der Waals surface area (Å²) in [7, 11) is 0. The number of hydrogen-bond donors (Lipinski definition) is 1. The maximum absolute atomic E-state index is 12.7. The first-order valence-corrected chi connectivity index (χ1v) is 9.39. The predicted molar refractivity (Wildman–Crippen MR) is 95.0 cm³/mol. The van der Waals surface area contributed by atoms with Gasteiger partial charge in [-0.2, -0.15) is 0 Å². The number of amides is 1. The van der Waals surface area contributed by atoms with Crippen LogP contribution in [0, 0.1) is 0 Å². The van der Waals surface area contributed by atoms with E-state index in [4.69, 9.17) is 0 Å². The van der Waals surface area contributed by atoms with E-state index in [1.165, 1.54) is 37.2 Å². The van der Waals surface area contributed by atoms with Crippen molar-refractivity contribution in [2.24, 2.45) is 0 Å². The molecule has 1 N–H and O–H groups in total. The monoisotopic (exact) mass is 332 g/mol. The van der Waals surface area contributed by atoms with Crippen LogP contribution in [0.2, 0.25) is 0 Å². The Morgan fingerprint density at radius 1 is 1.26 bits per heavy atom. The van der Waals surface area contributed by atoms with Crippen molar-refractivity contribution in [2.75, 3.05) is 0 Å². The largest absolute Gasteiger partial charge is 0.352 e. The normalized spacial score (nSPS) is 17.8. The average molecular weight is 332 g/mol. The molecule has 124 valence electrons. The molecular weight excluding hydrogens is 308 g/mol. The summed E-state index contributed by atoms with van der Waals surface area (Å²) in [6, 6.07) is 7.43. The number of fused-ring (bicyclic) bond motifs is 1. The molecule has 2 aromatic rings. The average Bonchev–Trinajstić information content (AvgIpc) is 2.74. The van der Waals surface area contributed by atoms with E-state index in [9.17, 15) is 9.59 Å². The van der Waals surface area contributed by atoms with Gasteiger partial charge < -0.3 is 5.32 Å². The summed E-state index contributed by atoms with van der Waals surface area (Å²) in [5, 5.41) is 3.89. The maximum atomic E-state index is 12.7. The SMILES string of the molecule is CCC(C(=O)NC1CCCCCC1)n1sc2ccccc2c1=O. The summed E-state index contributed by atoms with van der Waals surface area (Å²) >= 11 is 1.39. The van der Waals surface area contributed by atoms with Gasteiger partial charge in [0.2, 0.25) is 5.91 Å². The number of nitrogens with zero attached hydrogens (tertiary/aromatic N) is 1. The summed E-state index contributed by atoms with van der Waals surface area (Å²) in [4.78, 5) is 25.3. The van der Waals surface area contributed by atoms with Crippen molar-refractivity contribution in [3.05, 3.63) is 34.6 Å². The van der Waals surface area contributed by atoms with Gasteiger partial charge in [0.1, 0.15) is 6.04 Å². The second-order valence-corrected chi connectivity index (χ2v) is 7.36. The Morgan fingerprint density at radius 3 is 2.61 bits per heavy atom. The number of nitrogens with one attached hydrogen (secondary N) is 1. The first kappa shape index (κ1) is 16.2. The van der Waals surface area contributed by atoms with E-state index in [1.807, 2.05) is 31.2 Å². The molecule has 1 amide bonds. The molecule has 1 unspecified atom stereocenters. The quantitative estimate of drug-likeness (QED) is 0.865. The molecular formula is C18H24N2O2S. The zero-order valence-corrected chi connectivity index (χ0v) is 14.4. The molecule has 0 saturated heterocycles. The number of rotatable bonds is 4. The minimum atomic E-state index is -0.400. The highest BCUT2D eigenvalue weighted by molar-refractivity contribution is 7.14. The van der Waals surface area contributed by atoms with Crippen LogP contribution in [-0.4, -0.2) is 15.9 Å². The predicted octanol–water partition coefficient (Wildman–Crippen LogP) is 3.85. The summed E-state index contributed by atoms with van der Waals surface area (Å²) in [6.07, 6.45) is 7.64. The first-order valence-electron chi connectivity index (χ1n) is 8.61. The van der Waals surface area contributed by atoms with Crippen LogP contribution in [0.5, 0.6) is 0 Å². The van der Waals surface area contributed by atoms with E-state index >= 15 is 0 Å². The minimum absolute atomic E-state index is 0.00643. The molecule has 1 aromatic heterocycles. The Bertz CT molecular complexity index is 726. The molecule has 1 saturated carbocycles. The van der Waals surface area contributed by atoms with Gasteiger partial charge >= 0.3 is 0 Å². The molecule has 1 aliphatic rings. The van der Waals surface area contributed by atoms with Crippen LogP contribution in [0.4, 0.5) is 0 Å². The summed E-state index contributed by atoms with van der Waals surface area (Å²) in [5.74, 6) is -0.00643. The number of benzene rings is 1. The van der Waals surface area contributed by atoms with Crippen LogP contribution in [0.25, 0.3) is 10.1 Å². The Balaban J connectivity index is 1.81. The van der Waals surface area contributed by atoms with Gasteiger partial charge in [0, 0.05) is 6.04 Å². The molecule has 0 spiro atoms. The summed E-state index contributed by atoms with van der Waals surface area (Å²) < 4.78 is 2.59. The van der Waals surface area contributed by atoms with Crippen LogP contribution < -0.4 is 10.9 Å². The van der Waals surface area contributed by atoms with Crippen molar-refractivity contribution in [1.82, 2.24) is 9.27 Å². The van der Waals surface area contributed by atoms with Gasteiger partial charge in [0.15, 0.2) is 0 Å². The fourth-order valence-corrected chi connectivity index (χ4v) is 4.53. The zero-order valence-electron chi connectivity index (χ0n) is 13.6. The molecule has 1 aromatic carbocycles. The lowest BCUT2D eigenvalue weighted by molar-refractivity contribution is -0.125. The van der Waals surface area contributed by atoms with Gasteiger partial charge in [-0.05, 0) is 31.4 Å². The van der Waals surface area contributed by atoms with E-state index in [-0.39, 0.29) is 17.5 Å². The molecule has 0 bridgehead atoms. The Kier molecular flexibility index (Phi) is 5.16. The fraction of sp³-hybridized carbons (Fsp3) is 0.556. The fourth-order valence-electron chi connectivity index (χ4n) is 3.37. The van der Waals surface area contributed by atoms with Gasteiger partial charge in [-0.1, -0.05) is 56.3 Å². The van der Waals surface area contributed by atoms with Gasteiger partial charge in [0.25, 0.3) is 5.56 Å². The zero-order chi connectivity index (χ0) is 16.2. The highest BCUT2D eigenvalue weighted by Gasteiger charge is 2.25. The Hall–Kier alpha value is -1.62. The van der Waals surface area contributed by atoms with E-state index in [0.717, 1.165) is 17.5 Å². The van der Waals surface area contributed by atoms with E-state index in [2.05, 4.69) is 5.32 Å². The third-order valence-electron chi connectivity index (χ3n) is 4.69. The standard InChI is InChI=1S/C18H24N2O2S/c1-2-15(17(21)19-13-9-5-3-4-6-10-13)20-18(22)14-11-7-8-12-16(14)23-20/h7-8,11-13,15H,2-6,9-10H2,1H3,(H,19,21). The number of carbonyl (C=O) groups excluding carboxylic acids is 1.